The number of rotatable bonds is 3. The zero-order valence-electron chi connectivity index (χ0n) is 8.55. The molecule has 10 heteroatoms. The summed E-state index contributed by atoms with van der Waals surface area (Å²) in [7, 11) is 0. The molecule has 1 atom stereocenters. The van der Waals surface area contributed by atoms with Crippen molar-refractivity contribution in [1.29, 1.82) is 0 Å². The second-order valence-electron chi connectivity index (χ2n) is 3.28. The maximum Gasteiger partial charge on any atom is 0.407 e. The largest absolute Gasteiger partial charge is 0.407 e. The van der Waals surface area contributed by atoms with Gasteiger partial charge in [-0.1, -0.05) is 0 Å². The average molecular weight is 265 g/mol. The van der Waals surface area contributed by atoms with Crippen molar-refractivity contribution in [2.45, 2.75) is 12.2 Å². The van der Waals surface area contributed by atoms with Crippen LogP contribution in [0.25, 0.3) is 0 Å². The van der Waals surface area contributed by atoms with Crippen LogP contribution in [0.3, 0.4) is 0 Å². The van der Waals surface area contributed by atoms with Crippen molar-refractivity contribution in [2.24, 2.45) is 5.73 Å². The average Bonchev–Trinajstić information content (AvgIpc) is 2.25. The fourth-order valence-electron chi connectivity index (χ4n) is 1.22. The van der Waals surface area contributed by atoms with Crippen molar-refractivity contribution in [2.75, 3.05) is 0 Å². The van der Waals surface area contributed by atoms with Crippen molar-refractivity contribution >= 4 is 11.4 Å². The summed E-state index contributed by atoms with van der Waals surface area (Å²) in [5.74, 6) is 0. The third-order valence-electron chi connectivity index (χ3n) is 2.10. The third-order valence-corrected chi connectivity index (χ3v) is 2.10. The molecule has 7 nitrogen and oxygen atoms in total. The number of nitrogens with two attached hydrogens (primary N) is 1. The Morgan fingerprint density at radius 1 is 1.11 bits per heavy atom. The number of nitro benzene ring substituents is 2. The number of alkyl halides is 3. The third kappa shape index (κ3) is 2.71. The van der Waals surface area contributed by atoms with Gasteiger partial charge in [0.25, 0.3) is 0 Å². The van der Waals surface area contributed by atoms with Gasteiger partial charge in [-0.3, -0.25) is 20.2 Å². The maximum absolute atomic E-state index is 12.3. The van der Waals surface area contributed by atoms with Crippen LogP contribution in [-0.2, 0) is 0 Å². The summed E-state index contributed by atoms with van der Waals surface area (Å²) in [4.78, 5) is 18.8. The van der Waals surface area contributed by atoms with E-state index < -0.39 is 39.0 Å². The molecule has 18 heavy (non-hydrogen) atoms. The molecule has 0 amide bonds. The molecule has 1 aromatic rings. The molecular formula is C8H6F3N3O4. The lowest BCUT2D eigenvalue weighted by atomic mass is 10.1. The predicted molar refractivity (Wildman–Crippen MR) is 52.7 cm³/mol. The molecule has 0 aromatic heterocycles. The normalized spacial score (nSPS) is 13.1. The summed E-state index contributed by atoms with van der Waals surface area (Å²) < 4.78 is 36.9. The van der Waals surface area contributed by atoms with Gasteiger partial charge in [0.15, 0.2) is 0 Å². The van der Waals surface area contributed by atoms with Crippen molar-refractivity contribution < 1.29 is 23.0 Å². The minimum atomic E-state index is -4.79. The van der Waals surface area contributed by atoms with Crippen LogP contribution < -0.4 is 5.73 Å². The number of halogens is 3. The molecule has 0 fully saturated rings. The molecule has 1 rings (SSSR count). The van der Waals surface area contributed by atoms with Crippen LogP contribution in [0.1, 0.15) is 11.6 Å². The Hall–Kier alpha value is -2.23. The number of hydrogen-bond donors (Lipinski definition) is 1. The first-order valence-electron chi connectivity index (χ1n) is 4.39. The van der Waals surface area contributed by atoms with E-state index in [1.54, 1.807) is 0 Å². The van der Waals surface area contributed by atoms with E-state index in [0.717, 1.165) is 6.07 Å². The van der Waals surface area contributed by atoms with Crippen LogP contribution in [0.4, 0.5) is 24.5 Å². The summed E-state index contributed by atoms with van der Waals surface area (Å²) in [6, 6.07) is -0.615. The molecule has 0 aliphatic carbocycles. The van der Waals surface area contributed by atoms with E-state index in [1.165, 1.54) is 0 Å². The molecule has 0 aliphatic heterocycles. The zero-order valence-corrected chi connectivity index (χ0v) is 8.55. The summed E-state index contributed by atoms with van der Waals surface area (Å²) in [6.45, 7) is 0. The molecule has 0 radical (unpaired) electrons. The van der Waals surface area contributed by atoms with E-state index in [4.69, 9.17) is 5.73 Å². The lowest BCUT2D eigenvalue weighted by Gasteiger charge is -2.15. The second-order valence-corrected chi connectivity index (χ2v) is 3.28. The summed E-state index contributed by atoms with van der Waals surface area (Å²) in [6.07, 6.45) is -4.79. The Morgan fingerprint density at radius 2 is 1.61 bits per heavy atom. The Balaban J connectivity index is 3.32. The van der Waals surface area contributed by atoms with Crippen LogP contribution in [-0.4, -0.2) is 16.0 Å². The van der Waals surface area contributed by atoms with Gasteiger partial charge in [-0.05, 0) is 11.6 Å². The Labute approximate surface area is 97.3 Å². The number of nitro groups is 2. The van der Waals surface area contributed by atoms with Crippen LogP contribution in [0.15, 0.2) is 18.2 Å². The van der Waals surface area contributed by atoms with E-state index in [-0.39, 0.29) is 0 Å². The van der Waals surface area contributed by atoms with Crippen molar-refractivity contribution in [3.05, 3.63) is 44.0 Å². The number of nitrogens with zero attached hydrogens (tertiary/aromatic N) is 2. The smallest absolute Gasteiger partial charge is 0.316 e. The fourth-order valence-corrected chi connectivity index (χ4v) is 1.22. The van der Waals surface area contributed by atoms with Gasteiger partial charge < -0.3 is 5.73 Å². The highest BCUT2D eigenvalue weighted by atomic mass is 19.4. The van der Waals surface area contributed by atoms with Crippen LogP contribution in [0.2, 0.25) is 0 Å². The van der Waals surface area contributed by atoms with Gasteiger partial charge >= 0.3 is 17.6 Å². The minimum absolute atomic E-state index is 0.455. The SMILES string of the molecule is N[C@H](c1ccc([N+](=O)[O-])c([N+](=O)[O-])c1)C(F)(F)F. The van der Waals surface area contributed by atoms with E-state index in [1.807, 2.05) is 0 Å². The Kier molecular flexibility index (Phi) is 3.51. The molecule has 2 N–H and O–H groups in total. The summed E-state index contributed by atoms with van der Waals surface area (Å²) in [5.41, 5.74) is 2.32. The highest BCUT2D eigenvalue weighted by molar-refractivity contribution is 5.54. The van der Waals surface area contributed by atoms with Crippen molar-refractivity contribution in [3.8, 4) is 0 Å². The van der Waals surface area contributed by atoms with Gasteiger partial charge in [0, 0.05) is 12.1 Å². The van der Waals surface area contributed by atoms with E-state index >= 15 is 0 Å². The van der Waals surface area contributed by atoms with E-state index in [9.17, 15) is 33.4 Å². The Morgan fingerprint density at radius 3 is 2.00 bits per heavy atom. The lowest BCUT2D eigenvalue weighted by Crippen LogP contribution is -2.28. The zero-order chi connectivity index (χ0) is 14.1. The number of benzene rings is 1. The molecule has 0 bridgehead atoms. The van der Waals surface area contributed by atoms with Crippen molar-refractivity contribution in [3.63, 3.8) is 0 Å². The molecule has 0 aliphatic rings. The minimum Gasteiger partial charge on any atom is -0.316 e. The second kappa shape index (κ2) is 4.56. The molecule has 1 aromatic carbocycles. The molecule has 0 saturated heterocycles. The van der Waals surface area contributed by atoms with Crippen molar-refractivity contribution in [1.82, 2.24) is 0 Å². The highest BCUT2D eigenvalue weighted by Crippen LogP contribution is 2.35. The molecule has 0 heterocycles. The highest BCUT2D eigenvalue weighted by Gasteiger charge is 2.39. The predicted octanol–water partition coefficient (Wildman–Crippen LogP) is 2.07. The molecule has 0 unspecified atom stereocenters. The molecule has 98 valence electrons. The fraction of sp³-hybridized carbons (Fsp3) is 0.250. The van der Waals surface area contributed by atoms with Gasteiger partial charge in [0.05, 0.1) is 9.85 Å². The van der Waals surface area contributed by atoms with Gasteiger partial charge in [-0.15, -0.1) is 0 Å². The topological polar surface area (TPSA) is 112 Å². The lowest BCUT2D eigenvalue weighted by molar-refractivity contribution is -0.422. The molecule has 0 spiro atoms. The monoisotopic (exact) mass is 265 g/mol. The van der Waals surface area contributed by atoms with Crippen LogP contribution in [0, 0.1) is 20.2 Å². The van der Waals surface area contributed by atoms with Gasteiger partial charge in [0.1, 0.15) is 6.04 Å². The van der Waals surface area contributed by atoms with E-state index in [0.29, 0.717) is 12.1 Å². The Bertz CT molecular complexity index is 503. The van der Waals surface area contributed by atoms with Crippen LogP contribution in [0.5, 0.6) is 0 Å². The van der Waals surface area contributed by atoms with Gasteiger partial charge in [-0.2, -0.15) is 13.2 Å². The first-order valence-corrected chi connectivity index (χ1v) is 4.39. The first-order chi connectivity index (χ1) is 8.14. The number of hydrogen-bond acceptors (Lipinski definition) is 5. The standard InChI is InChI=1S/C8H6F3N3O4/c9-8(10,11)7(12)4-1-2-5(13(15)16)6(3-4)14(17)18/h1-3,7H,12H2/t7-/m1/s1. The summed E-state index contributed by atoms with van der Waals surface area (Å²) >= 11 is 0. The van der Waals surface area contributed by atoms with Gasteiger partial charge in [-0.25, -0.2) is 0 Å². The maximum atomic E-state index is 12.3. The molecular weight excluding hydrogens is 259 g/mol. The molecule has 0 saturated carbocycles. The van der Waals surface area contributed by atoms with Crippen LogP contribution >= 0.6 is 0 Å². The quantitative estimate of drug-likeness (QED) is 0.663. The summed E-state index contributed by atoms with van der Waals surface area (Å²) in [5, 5.41) is 21.0. The van der Waals surface area contributed by atoms with Gasteiger partial charge in [0.2, 0.25) is 0 Å². The first kappa shape index (κ1) is 13.8. The van der Waals surface area contributed by atoms with E-state index in [2.05, 4.69) is 0 Å².